The maximum Gasteiger partial charge on any atom is 0.243 e. The van der Waals surface area contributed by atoms with E-state index in [2.05, 4.69) is 22.6 Å². The lowest BCUT2D eigenvalue weighted by atomic mass is 10.3. The maximum atomic E-state index is 11.7. The highest BCUT2D eigenvalue weighted by molar-refractivity contribution is 14.1. The Balaban J connectivity index is 2.42. The molecule has 1 fully saturated rings. The number of thioether (sulfide) groups is 1. The van der Waals surface area contributed by atoms with Crippen LogP contribution in [0.4, 0.5) is 5.69 Å². The molecule has 0 saturated carbocycles. The number of halogens is 2. The van der Waals surface area contributed by atoms with Gasteiger partial charge in [0, 0.05) is 8.59 Å². The molecule has 1 aliphatic heterocycles. The standard InChI is InChI=1S/C10H7ClINO2S/c11-6-1-2-8(7(12)3-6)13-9(14)4-16-5-10(13)15/h1-3H,4-5H2. The summed E-state index contributed by atoms with van der Waals surface area (Å²) in [5.41, 5.74) is 0.625. The van der Waals surface area contributed by atoms with Crippen molar-refractivity contribution in [3.63, 3.8) is 0 Å². The monoisotopic (exact) mass is 367 g/mol. The molecule has 0 N–H and O–H groups in total. The molecule has 3 nitrogen and oxygen atoms in total. The summed E-state index contributed by atoms with van der Waals surface area (Å²) in [6, 6.07) is 5.12. The lowest BCUT2D eigenvalue weighted by molar-refractivity contribution is -0.124. The van der Waals surface area contributed by atoms with Crippen LogP contribution in [0.2, 0.25) is 5.02 Å². The minimum atomic E-state index is -0.165. The molecule has 0 bridgehead atoms. The van der Waals surface area contributed by atoms with E-state index in [-0.39, 0.29) is 11.8 Å². The summed E-state index contributed by atoms with van der Waals surface area (Å²) in [6.07, 6.45) is 0. The van der Waals surface area contributed by atoms with Gasteiger partial charge in [0.2, 0.25) is 11.8 Å². The summed E-state index contributed by atoms with van der Waals surface area (Å²) in [5, 5.41) is 0.597. The molecule has 6 heteroatoms. The van der Waals surface area contributed by atoms with Gasteiger partial charge in [-0.2, -0.15) is 0 Å². The van der Waals surface area contributed by atoms with E-state index < -0.39 is 0 Å². The second-order valence-corrected chi connectivity index (χ2v) is 5.80. The molecule has 1 aromatic rings. The van der Waals surface area contributed by atoms with Crippen molar-refractivity contribution >= 4 is 63.5 Å². The normalized spacial score (nSPS) is 16.8. The number of hydrogen-bond acceptors (Lipinski definition) is 3. The molecule has 2 amide bonds. The number of amides is 2. The van der Waals surface area contributed by atoms with E-state index >= 15 is 0 Å². The number of carbonyl (C=O) groups is 2. The van der Waals surface area contributed by atoms with Crippen molar-refractivity contribution in [2.24, 2.45) is 0 Å². The van der Waals surface area contributed by atoms with Crippen LogP contribution in [0.15, 0.2) is 18.2 Å². The van der Waals surface area contributed by atoms with Crippen molar-refractivity contribution in [1.29, 1.82) is 0 Å². The molecule has 0 radical (unpaired) electrons. The van der Waals surface area contributed by atoms with Crippen LogP contribution in [0.1, 0.15) is 0 Å². The number of rotatable bonds is 1. The Morgan fingerprint density at radius 3 is 2.44 bits per heavy atom. The van der Waals surface area contributed by atoms with E-state index in [0.717, 1.165) is 3.57 Å². The molecule has 1 heterocycles. The Morgan fingerprint density at radius 2 is 1.88 bits per heavy atom. The second-order valence-electron chi connectivity index (χ2n) is 3.21. The van der Waals surface area contributed by atoms with Crippen LogP contribution in [0, 0.1) is 3.57 Å². The average Bonchev–Trinajstić information content (AvgIpc) is 2.20. The van der Waals surface area contributed by atoms with E-state index in [1.165, 1.54) is 16.7 Å². The predicted octanol–water partition coefficient (Wildman–Crippen LogP) is 2.55. The number of benzene rings is 1. The fourth-order valence-electron chi connectivity index (χ4n) is 1.43. The van der Waals surface area contributed by atoms with Crippen molar-refractivity contribution in [2.45, 2.75) is 0 Å². The number of imide groups is 1. The molecule has 0 spiro atoms. The largest absolute Gasteiger partial charge is 0.273 e. The Bertz CT molecular complexity index is 450. The highest BCUT2D eigenvalue weighted by Crippen LogP contribution is 2.28. The minimum absolute atomic E-state index is 0.165. The van der Waals surface area contributed by atoms with Gasteiger partial charge in [0.05, 0.1) is 17.2 Å². The van der Waals surface area contributed by atoms with Crippen molar-refractivity contribution in [2.75, 3.05) is 16.4 Å². The smallest absolute Gasteiger partial charge is 0.243 e. The summed E-state index contributed by atoms with van der Waals surface area (Å²) in [7, 11) is 0. The number of hydrogen-bond donors (Lipinski definition) is 0. The van der Waals surface area contributed by atoms with Gasteiger partial charge in [-0.1, -0.05) is 11.6 Å². The highest BCUT2D eigenvalue weighted by atomic mass is 127. The quantitative estimate of drug-likeness (QED) is 0.565. The SMILES string of the molecule is O=C1CSCC(=O)N1c1ccc(Cl)cc1I. The van der Waals surface area contributed by atoms with Crippen molar-refractivity contribution < 1.29 is 9.59 Å². The average molecular weight is 368 g/mol. The van der Waals surface area contributed by atoms with E-state index in [4.69, 9.17) is 11.6 Å². The third kappa shape index (κ3) is 2.36. The van der Waals surface area contributed by atoms with Crippen LogP contribution in [-0.2, 0) is 9.59 Å². The zero-order valence-electron chi connectivity index (χ0n) is 8.07. The molecule has 1 saturated heterocycles. The molecule has 16 heavy (non-hydrogen) atoms. The van der Waals surface area contributed by atoms with E-state index in [0.29, 0.717) is 22.2 Å². The summed E-state index contributed by atoms with van der Waals surface area (Å²) >= 11 is 9.25. The number of carbonyl (C=O) groups excluding carboxylic acids is 2. The first kappa shape index (κ1) is 12.2. The van der Waals surface area contributed by atoms with E-state index in [1.807, 2.05) is 0 Å². The van der Waals surface area contributed by atoms with Gasteiger partial charge < -0.3 is 0 Å². The topological polar surface area (TPSA) is 37.4 Å². The summed E-state index contributed by atoms with van der Waals surface area (Å²) < 4.78 is 0.804. The summed E-state index contributed by atoms with van der Waals surface area (Å²) in [5.74, 6) is 0.373. The summed E-state index contributed by atoms with van der Waals surface area (Å²) in [4.78, 5) is 24.6. The Labute approximate surface area is 116 Å². The Kier molecular flexibility index (Phi) is 3.76. The first-order valence-electron chi connectivity index (χ1n) is 4.48. The molecule has 2 rings (SSSR count). The van der Waals surface area contributed by atoms with E-state index in [1.54, 1.807) is 18.2 Å². The number of anilines is 1. The van der Waals surface area contributed by atoms with E-state index in [9.17, 15) is 9.59 Å². The maximum absolute atomic E-state index is 11.7. The van der Waals surface area contributed by atoms with Crippen LogP contribution < -0.4 is 4.90 Å². The van der Waals surface area contributed by atoms with Gasteiger partial charge in [-0.05, 0) is 40.8 Å². The zero-order chi connectivity index (χ0) is 11.7. The number of nitrogens with zero attached hydrogens (tertiary/aromatic N) is 1. The predicted molar refractivity (Wildman–Crippen MR) is 74.0 cm³/mol. The lowest BCUT2D eigenvalue weighted by Crippen LogP contribution is -2.43. The molecule has 0 aromatic heterocycles. The molecule has 0 unspecified atom stereocenters. The minimum Gasteiger partial charge on any atom is -0.273 e. The first-order chi connectivity index (χ1) is 7.59. The highest BCUT2D eigenvalue weighted by Gasteiger charge is 2.29. The van der Waals surface area contributed by atoms with Crippen LogP contribution in [0.25, 0.3) is 0 Å². The Hall–Kier alpha value is -0.270. The molecule has 0 aliphatic carbocycles. The fourth-order valence-corrected chi connectivity index (χ4v) is 3.25. The third-order valence-electron chi connectivity index (χ3n) is 2.10. The van der Waals surface area contributed by atoms with Gasteiger partial charge in [0.15, 0.2) is 0 Å². The van der Waals surface area contributed by atoms with Crippen LogP contribution in [-0.4, -0.2) is 23.3 Å². The molecule has 1 aliphatic rings. The fraction of sp³-hybridized carbons (Fsp3) is 0.200. The van der Waals surface area contributed by atoms with Gasteiger partial charge in [-0.25, -0.2) is 4.90 Å². The van der Waals surface area contributed by atoms with Crippen molar-refractivity contribution in [1.82, 2.24) is 0 Å². The van der Waals surface area contributed by atoms with Crippen LogP contribution >= 0.6 is 46.0 Å². The van der Waals surface area contributed by atoms with Gasteiger partial charge >= 0.3 is 0 Å². The molecule has 1 aromatic carbocycles. The second kappa shape index (κ2) is 4.93. The van der Waals surface area contributed by atoms with Crippen LogP contribution in [0.3, 0.4) is 0 Å². The van der Waals surface area contributed by atoms with Gasteiger partial charge in [-0.3, -0.25) is 9.59 Å². The van der Waals surface area contributed by atoms with Gasteiger partial charge in [-0.15, -0.1) is 11.8 Å². The summed E-state index contributed by atoms with van der Waals surface area (Å²) in [6.45, 7) is 0. The first-order valence-corrected chi connectivity index (χ1v) is 7.09. The molecule has 84 valence electrons. The zero-order valence-corrected chi connectivity index (χ0v) is 11.8. The molecular formula is C10H7ClINO2S. The molecule has 0 atom stereocenters. The van der Waals surface area contributed by atoms with Gasteiger partial charge in [0.1, 0.15) is 0 Å². The van der Waals surface area contributed by atoms with Crippen molar-refractivity contribution in [3.05, 3.63) is 26.8 Å². The van der Waals surface area contributed by atoms with Crippen molar-refractivity contribution in [3.8, 4) is 0 Å². The Morgan fingerprint density at radius 1 is 1.25 bits per heavy atom. The third-order valence-corrected chi connectivity index (χ3v) is 4.10. The van der Waals surface area contributed by atoms with Gasteiger partial charge in [0.25, 0.3) is 0 Å². The van der Waals surface area contributed by atoms with Crippen LogP contribution in [0.5, 0.6) is 0 Å². The lowest BCUT2D eigenvalue weighted by Gasteiger charge is -2.25. The molecular weight excluding hydrogens is 361 g/mol.